The van der Waals surface area contributed by atoms with Crippen LogP contribution in [0.1, 0.15) is 54.4 Å². The largest absolute Gasteiger partial charge is 0.492 e. The van der Waals surface area contributed by atoms with Crippen LogP contribution in [0.3, 0.4) is 0 Å². The van der Waals surface area contributed by atoms with Gasteiger partial charge in [0.25, 0.3) is 5.91 Å². The highest BCUT2D eigenvalue weighted by Crippen LogP contribution is 2.14. The van der Waals surface area contributed by atoms with Gasteiger partial charge in [0, 0.05) is 18.7 Å². The number of nitrogens with one attached hydrogen (secondary N) is 1. The van der Waals surface area contributed by atoms with E-state index in [2.05, 4.69) is 20.3 Å². The third-order valence-corrected chi connectivity index (χ3v) is 6.63. The summed E-state index contributed by atoms with van der Waals surface area (Å²) in [6, 6.07) is 14.9. The maximum atomic E-state index is 12.4. The van der Waals surface area contributed by atoms with E-state index in [-0.39, 0.29) is 5.91 Å². The third kappa shape index (κ3) is 8.67. The highest BCUT2D eigenvalue weighted by atomic mass is 16.5. The molecule has 0 atom stereocenters. The van der Waals surface area contributed by atoms with Gasteiger partial charge in [-0.15, -0.1) is 0 Å². The number of carbonyl (C=O) groups excluding carboxylic acids is 1. The minimum atomic E-state index is -0.251. The average molecular weight is 479 g/mol. The monoisotopic (exact) mass is 478 g/mol. The lowest BCUT2D eigenvalue weighted by molar-refractivity contribution is 0.0955. The Bertz CT molecular complexity index is 918. The van der Waals surface area contributed by atoms with Gasteiger partial charge in [-0.3, -0.25) is 14.6 Å². The molecule has 2 saturated heterocycles. The van der Waals surface area contributed by atoms with Crippen LogP contribution in [-0.2, 0) is 0 Å². The molecule has 35 heavy (non-hydrogen) atoms. The maximum Gasteiger partial charge on any atom is 0.271 e. The molecule has 0 saturated carbocycles. The smallest absolute Gasteiger partial charge is 0.271 e. The Labute approximate surface area is 209 Å². The first-order valence-electron chi connectivity index (χ1n) is 13.0. The second kappa shape index (κ2) is 13.9. The van der Waals surface area contributed by atoms with Crippen LogP contribution in [0.25, 0.3) is 0 Å². The second-order valence-electron chi connectivity index (χ2n) is 9.29. The maximum absolute atomic E-state index is 12.4. The van der Waals surface area contributed by atoms with Gasteiger partial charge in [0.1, 0.15) is 24.7 Å². The molecule has 2 fully saturated rings. The summed E-state index contributed by atoms with van der Waals surface area (Å²) in [6.07, 6.45) is 9.47. The summed E-state index contributed by atoms with van der Waals surface area (Å²) in [4.78, 5) is 17.3. The van der Waals surface area contributed by atoms with Crippen molar-refractivity contribution < 1.29 is 14.3 Å². The van der Waals surface area contributed by atoms with Crippen LogP contribution in [0.4, 0.5) is 0 Å². The molecule has 0 radical (unpaired) electrons. The van der Waals surface area contributed by atoms with Crippen molar-refractivity contribution in [3.05, 3.63) is 59.7 Å². The number of likely N-dealkylation sites (tertiary alicyclic amines) is 2. The molecule has 2 aromatic carbocycles. The summed E-state index contributed by atoms with van der Waals surface area (Å²) in [7, 11) is 0. The Balaban J connectivity index is 1.14. The van der Waals surface area contributed by atoms with Gasteiger partial charge in [0.05, 0.1) is 6.21 Å². The van der Waals surface area contributed by atoms with E-state index in [0.29, 0.717) is 18.8 Å². The zero-order chi connectivity index (χ0) is 24.1. The SMILES string of the molecule is O=C(N/N=C/c1ccc(OCCN2CCCCC2)cc1)c1ccc(OCCN2CCCCC2)cc1. The number of ether oxygens (including phenoxy) is 2. The quantitative estimate of drug-likeness (QED) is 0.388. The Kier molecular flexibility index (Phi) is 9.97. The van der Waals surface area contributed by atoms with Gasteiger partial charge < -0.3 is 9.47 Å². The number of rotatable bonds is 11. The highest BCUT2D eigenvalue weighted by molar-refractivity contribution is 5.95. The van der Waals surface area contributed by atoms with E-state index in [9.17, 15) is 4.79 Å². The Morgan fingerprint density at radius 1 is 0.743 bits per heavy atom. The molecule has 2 aromatic rings. The number of carbonyl (C=O) groups is 1. The zero-order valence-corrected chi connectivity index (χ0v) is 20.7. The Hall–Kier alpha value is -2.90. The third-order valence-electron chi connectivity index (χ3n) is 6.63. The molecule has 2 aliphatic heterocycles. The number of amides is 1. The van der Waals surface area contributed by atoms with Crippen molar-refractivity contribution >= 4 is 12.1 Å². The predicted molar refractivity (Wildman–Crippen MR) is 140 cm³/mol. The first kappa shape index (κ1) is 25.2. The molecule has 0 unspecified atom stereocenters. The molecule has 2 heterocycles. The first-order valence-corrected chi connectivity index (χ1v) is 13.0. The van der Waals surface area contributed by atoms with E-state index in [1.165, 1.54) is 64.7 Å². The van der Waals surface area contributed by atoms with Crippen LogP contribution in [0, 0.1) is 0 Å². The summed E-state index contributed by atoms with van der Waals surface area (Å²) in [6.45, 7) is 7.98. The molecule has 4 rings (SSSR count). The molecule has 1 amide bonds. The van der Waals surface area contributed by atoms with Gasteiger partial charge >= 0.3 is 0 Å². The second-order valence-corrected chi connectivity index (χ2v) is 9.29. The molecule has 1 N–H and O–H groups in total. The number of nitrogens with zero attached hydrogens (tertiary/aromatic N) is 3. The highest BCUT2D eigenvalue weighted by Gasteiger charge is 2.11. The van der Waals surface area contributed by atoms with Crippen molar-refractivity contribution in [2.24, 2.45) is 5.10 Å². The van der Waals surface area contributed by atoms with E-state index in [1.54, 1.807) is 18.3 Å². The minimum Gasteiger partial charge on any atom is -0.492 e. The lowest BCUT2D eigenvalue weighted by Gasteiger charge is -2.26. The first-order chi connectivity index (χ1) is 17.3. The molecule has 7 nitrogen and oxygen atoms in total. The van der Waals surface area contributed by atoms with Crippen molar-refractivity contribution in [1.82, 2.24) is 15.2 Å². The van der Waals surface area contributed by atoms with Gasteiger partial charge in [0.2, 0.25) is 0 Å². The van der Waals surface area contributed by atoms with Crippen molar-refractivity contribution in [1.29, 1.82) is 0 Å². The number of hydrazone groups is 1. The van der Waals surface area contributed by atoms with E-state index in [1.807, 2.05) is 36.4 Å². The van der Waals surface area contributed by atoms with Crippen LogP contribution in [0.15, 0.2) is 53.6 Å². The minimum absolute atomic E-state index is 0.251. The van der Waals surface area contributed by atoms with Gasteiger partial charge in [-0.1, -0.05) is 12.8 Å². The molecule has 188 valence electrons. The van der Waals surface area contributed by atoms with Gasteiger partial charge in [-0.2, -0.15) is 5.10 Å². The van der Waals surface area contributed by atoms with E-state index >= 15 is 0 Å². The molecule has 0 aromatic heterocycles. The summed E-state index contributed by atoms with van der Waals surface area (Å²) in [5, 5.41) is 4.09. The van der Waals surface area contributed by atoms with E-state index < -0.39 is 0 Å². The zero-order valence-electron chi connectivity index (χ0n) is 20.7. The van der Waals surface area contributed by atoms with Gasteiger partial charge in [-0.25, -0.2) is 5.43 Å². The number of hydrogen-bond acceptors (Lipinski definition) is 6. The van der Waals surface area contributed by atoms with Gasteiger partial charge in [-0.05, 0) is 106 Å². The molecule has 0 aliphatic carbocycles. The average Bonchev–Trinajstić information content (AvgIpc) is 2.91. The molecular weight excluding hydrogens is 440 g/mol. The van der Waals surface area contributed by atoms with Crippen LogP contribution >= 0.6 is 0 Å². The predicted octanol–water partition coefficient (Wildman–Crippen LogP) is 4.18. The Morgan fingerprint density at radius 2 is 1.23 bits per heavy atom. The van der Waals surface area contributed by atoms with Crippen molar-refractivity contribution in [2.45, 2.75) is 38.5 Å². The summed E-state index contributed by atoms with van der Waals surface area (Å²) < 4.78 is 11.7. The normalized spacial score (nSPS) is 17.4. The number of piperidine rings is 2. The fourth-order valence-corrected chi connectivity index (χ4v) is 4.53. The number of hydrogen-bond donors (Lipinski definition) is 1. The standard InChI is InChI=1S/C28H38N4O3/c33-28(25-9-13-27(14-10-25)35-22-20-32-17-5-2-6-18-32)30-29-23-24-7-11-26(12-8-24)34-21-19-31-15-3-1-4-16-31/h7-14,23H,1-6,15-22H2,(H,30,33)/b29-23+. The molecule has 7 heteroatoms. The number of benzene rings is 2. The molecule has 0 spiro atoms. The van der Waals surface area contributed by atoms with E-state index in [4.69, 9.17) is 9.47 Å². The van der Waals surface area contributed by atoms with E-state index in [0.717, 1.165) is 30.2 Å². The lowest BCUT2D eigenvalue weighted by atomic mass is 10.1. The van der Waals surface area contributed by atoms with Gasteiger partial charge in [0.15, 0.2) is 0 Å². The summed E-state index contributed by atoms with van der Waals surface area (Å²) in [5.41, 5.74) is 4.02. The fourth-order valence-electron chi connectivity index (χ4n) is 4.53. The van der Waals surface area contributed by atoms with Crippen LogP contribution in [0.5, 0.6) is 11.5 Å². The summed E-state index contributed by atoms with van der Waals surface area (Å²) in [5.74, 6) is 1.38. The van der Waals surface area contributed by atoms with Crippen molar-refractivity contribution in [2.75, 3.05) is 52.5 Å². The van der Waals surface area contributed by atoms with Crippen molar-refractivity contribution in [3.8, 4) is 11.5 Å². The molecule has 2 aliphatic rings. The van der Waals surface area contributed by atoms with Crippen molar-refractivity contribution in [3.63, 3.8) is 0 Å². The molecular formula is C28H38N4O3. The van der Waals surface area contributed by atoms with Crippen LogP contribution < -0.4 is 14.9 Å². The lowest BCUT2D eigenvalue weighted by Crippen LogP contribution is -2.33. The Morgan fingerprint density at radius 3 is 1.74 bits per heavy atom. The fraction of sp³-hybridized carbons (Fsp3) is 0.500. The van der Waals surface area contributed by atoms with Crippen LogP contribution in [-0.4, -0.2) is 74.4 Å². The van der Waals surface area contributed by atoms with Crippen LogP contribution in [0.2, 0.25) is 0 Å². The molecule has 0 bridgehead atoms. The summed E-state index contributed by atoms with van der Waals surface area (Å²) >= 11 is 0. The topological polar surface area (TPSA) is 66.4 Å².